The fourth-order valence-electron chi connectivity index (χ4n) is 3.37. The zero-order chi connectivity index (χ0) is 17.4. The normalized spacial score (nSPS) is 16.4. The Morgan fingerprint density at radius 1 is 1.38 bits per heavy atom. The molecule has 0 saturated heterocycles. The minimum Gasteiger partial charge on any atom is -0.496 e. The Morgan fingerprint density at radius 3 is 2.79 bits per heavy atom. The van der Waals surface area contributed by atoms with Crippen molar-refractivity contribution in [3.63, 3.8) is 0 Å². The van der Waals surface area contributed by atoms with Crippen LogP contribution in [0.15, 0.2) is 6.20 Å². The first-order valence-electron chi connectivity index (χ1n) is 8.03. The summed E-state index contributed by atoms with van der Waals surface area (Å²) in [5, 5.41) is 0.456. The van der Waals surface area contributed by atoms with Crippen molar-refractivity contribution in [1.29, 1.82) is 0 Å². The van der Waals surface area contributed by atoms with Gasteiger partial charge in [0.15, 0.2) is 0 Å². The van der Waals surface area contributed by atoms with Crippen LogP contribution in [0.25, 0.3) is 0 Å². The number of ether oxygens (including phenoxy) is 1. The Bertz CT molecular complexity index is 780. The maximum Gasteiger partial charge on any atom is 0.223 e. The fraction of sp³-hybridized carbons (Fsp3) is 0.471. The molecule has 0 bridgehead atoms. The summed E-state index contributed by atoms with van der Waals surface area (Å²) in [5.41, 5.74) is 9.84. The first-order valence-corrected chi connectivity index (χ1v) is 8.40. The van der Waals surface area contributed by atoms with Crippen molar-refractivity contribution in [3.05, 3.63) is 33.7 Å². The van der Waals surface area contributed by atoms with Crippen molar-refractivity contribution in [3.8, 4) is 5.75 Å². The van der Waals surface area contributed by atoms with Gasteiger partial charge >= 0.3 is 0 Å². The van der Waals surface area contributed by atoms with Crippen molar-refractivity contribution < 1.29 is 4.74 Å². The number of halogens is 1. The van der Waals surface area contributed by atoms with E-state index < -0.39 is 0 Å². The highest BCUT2D eigenvalue weighted by Crippen LogP contribution is 2.41. The highest BCUT2D eigenvalue weighted by molar-refractivity contribution is 6.30. The molecule has 0 aromatic carbocycles. The average Bonchev–Trinajstić information content (AvgIpc) is 2.88. The SMILES string of the molecule is CC[C@@H]1CN(Cc2ncc(C)c(OC)c2C)c2nc(N)nc(Cl)c21. The quantitative estimate of drug-likeness (QED) is 0.855. The molecule has 1 aliphatic rings. The largest absolute Gasteiger partial charge is 0.496 e. The predicted octanol–water partition coefficient (Wildman–Crippen LogP) is 3.25. The molecule has 0 aliphatic carbocycles. The van der Waals surface area contributed by atoms with E-state index in [4.69, 9.17) is 22.1 Å². The second kappa shape index (κ2) is 6.43. The van der Waals surface area contributed by atoms with Crippen LogP contribution in [0.5, 0.6) is 5.75 Å². The second-order valence-corrected chi connectivity index (χ2v) is 6.50. The molecule has 3 rings (SSSR count). The van der Waals surface area contributed by atoms with Gasteiger partial charge in [-0.05, 0) is 20.3 Å². The fourth-order valence-corrected chi connectivity index (χ4v) is 3.69. The molecule has 0 amide bonds. The molecule has 0 radical (unpaired) electrons. The highest BCUT2D eigenvalue weighted by atomic mass is 35.5. The Balaban J connectivity index is 1.99. The Morgan fingerprint density at radius 2 is 2.12 bits per heavy atom. The van der Waals surface area contributed by atoms with Gasteiger partial charge < -0.3 is 15.4 Å². The number of fused-ring (bicyclic) bond motifs is 1. The van der Waals surface area contributed by atoms with Crippen LogP contribution < -0.4 is 15.4 Å². The zero-order valence-corrected chi connectivity index (χ0v) is 15.2. The molecule has 0 spiro atoms. The number of methoxy groups -OCH3 is 1. The number of nitrogens with two attached hydrogens (primary N) is 1. The van der Waals surface area contributed by atoms with Gasteiger partial charge in [-0.3, -0.25) is 4.98 Å². The summed E-state index contributed by atoms with van der Waals surface area (Å²) in [6.07, 6.45) is 2.82. The van der Waals surface area contributed by atoms with Crippen molar-refractivity contribution >= 4 is 23.4 Å². The number of pyridine rings is 1. The van der Waals surface area contributed by atoms with Crippen LogP contribution in [0.3, 0.4) is 0 Å². The maximum absolute atomic E-state index is 6.32. The summed E-state index contributed by atoms with van der Waals surface area (Å²) >= 11 is 6.32. The predicted molar refractivity (Wildman–Crippen MR) is 95.8 cm³/mol. The molecule has 2 aromatic heterocycles. The van der Waals surface area contributed by atoms with E-state index in [1.807, 2.05) is 20.0 Å². The van der Waals surface area contributed by atoms with E-state index in [0.717, 1.165) is 46.9 Å². The summed E-state index contributed by atoms with van der Waals surface area (Å²) in [6.45, 7) is 7.64. The van der Waals surface area contributed by atoms with Gasteiger partial charge in [-0.15, -0.1) is 0 Å². The van der Waals surface area contributed by atoms with Crippen LogP contribution in [0.1, 0.15) is 41.6 Å². The number of anilines is 2. The molecule has 2 aromatic rings. The first kappa shape index (κ1) is 16.8. The molecule has 2 N–H and O–H groups in total. The first-order chi connectivity index (χ1) is 11.5. The van der Waals surface area contributed by atoms with Crippen LogP contribution >= 0.6 is 11.6 Å². The zero-order valence-electron chi connectivity index (χ0n) is 14.4. The van der Waals surface area contributed by atoms with E-state index in [0.29, 0.717) is 17.6 Å². The molecule has 1 aliphatic heterocycles. The van der Waals surface area contributed by atoms with Crippen molar-refractivity contribution in [1.82, 2.24) is 15.0 Å². The lowest BCUT2D eigenvalue weighted by Crippen LogP contribution is -2.23. The number of nitrogens with zero attached hydrogens (tertiary/aromatic N) is 4. The van der Waals surface area contributed by atoms with Crippen molar-refractivity contribution in [2.75, 3.05) is 24.3 Å². The van der Waals surface area contributed by atoms with Gasteiger partial charge in [0, 0.05) is 35.3 Å². The summed E-state index contributed by atoms with van der Waals surface area (Å²) in [7, 11) is 1.69. The number of hydrogen-bond acceptors (Lipinski definition) is 6. The third-order valence-electron chi connectivity index (χ3n) is 4.63. The van der Waals surface area contributed by atoms with Crippen molar-refractivity contribution in [2.24, 2.45) is 0 Å². The van der Waals surface area contributed by atoms with E-state index in [2.05, 4.69) is 26.8 Å². The highest BCUT2D eigenvalue weighted by Gasteiger charge is 2.33. The molecule has 7 heteroatoms. The van der Waals surface area contributed by atoms with Crippen molar-refractivity contribution in [2.45, 2.75) is 39.7 Å². The lowest BCUT2D eigenvalue weighted by molar-refractivity contribution is 0.406. The molecule has 1 atom stereocenters. The minimum absolute atomic E-state index is 0.201. The van der Waals surface area contributed by atoms with Crippen LogP contribution in [0.4, 0.5) is 11.8 Å². The Labute approximate surface area is 147 Å². The Hall–Kier alpha value is -2.08. The lowest BCUT2D eigenvalue weighted by Gasteiger charge is -2.21. The van der Waals surface area contributed by atoms with Crippen LogP contribution in [0.2, 0.25) is 5.15 Å². The number of rotatable bonds is 4. The number of aromatic nitrogens is 3. The monoisotopic (exact) mass is 347 g/mol. The van der Waals surface area contributed by atoms with Gasteiger partial charge in [-0.1, -0.05) is 18.5 Å². The Kier molecular flexibility index (Phi) is 4.49. The summed E-state index contributed by atoms with van der Waals surface area (Å²) in [4.78, 5) is 15.3. The number of hydrogen-bond donors (Lipinski definition) is 1. The molecular weight excluding hydrogens is 326 g/mol. The minimum atomic E-state index is 0.201. The molecule has 0 unspecified atom stereocenters. The van der Waals surface area contributed by atoms with Gasteiger partial charge in [0.05, 0.1) is 19.3 Å². The van der Waals surface area contributed by atoms with Gasteiger partial charge in [0.2, 0.25) is 5.95 Å². The molecule has 24 heavy (non-hydrogen) atoms. The molecule has 128 valence electrons. The van der Waals surface area contributed by atoms with E-state index >= 15 is 0 Å². The van der Waals surface area contributed by atoms with Gasteiger partial charge in [0.25, 0.3) is 0 Å². The molecular formula is C17H22ClN5O. The number of nitrogen functional groups attached to an aromatic ring is 1. The van der Waals surface area contributed by atoms with E-state index in [9.17, 15) is 0 Å². The van der Waals surface area contributed by atoms with Crippen LogP contribution in [-0.2, 0) is 6.54 Å². The van der Waals surface area contributed by atoms with E-state index in [1.165, 1.54) is 0 Å². The third-order valence-corrected chi connectivity index (χ3v) is 4.92. The van der Waals surface area contributed by atoms with Crippen LogP contribution in [-0.4, -0.2) is 28.6 Å². The molecule has 3 heterocycles. The molecule has 0 fully saturated rings. The van der Waals surface area contributed by atoms with Gasteiger partial charge in [0.1, 0.15) is 16.7 Å². The van der Waals surface area contributed by atoms with Crippen LogP contribution in [0, 0.1) is 13.8 Å². The summed E-state index contributed by atoms with van der Waals surface area (Å²) in [5.74, 6) is 2.21. The van der Waals surface area contributed by atoms with E-state index in [-0.39, 0.29) is 5.95 Å². The second-order valence-electron chi connectivity index (χ2n) is 6.14. The lowest BCUT2D eigenvalue weighted by atomic mass is 10.0. The van der Waals surface area contributed by atoms with Gasteiger partial charge in [-0.25, -0.2) is 4.98 Å². The molecule has 0 saturated carbocycles. The third kappa shape index (κ3) is 2.75. The molecule has 6 nitrogen and oxygen atoms in total. The maximum atomic E-state index is 6.32. The van der Waals surface area contributed by atoms with E-state index in [1.54, 1.807) is 7.11 Å². The standard InChI is InChI=1S/C17H22ClN5O/c1-5-11-7-23(16-13(11)15(18)21-17(19)22-16)8-12-10(3)14(24-4)9(2)6-20-12/h6,11H,5,7-8H2,1-4H3,(H2,19,21,22)/t11-/m1/s1. The average molecular weight is 348 g/mol. The summed E-state index contributed by atoms with van der Waals surface area (Å²) < 4.78 is 5.51. The summed E-state index contributed by atoms with van der Waals surface area (Å²) in [6, 6.07) is 0. The number of aryl methyl sites for hydroxylation is 1. The smallest absolute Gasteiger partial charge is 0.223 e. The topological polar surface area (TPSA) is 77.2 Å². The van der Waals surface area contributed by atoms with Gasteiger partial charge in [-0.2, -0.15) is 4.98 Å².